The number of fused-ring (bicyclic) bond motifs is 1. The molecule has 0 aliphatic heterocycles. The van der Waals surface area contributed by atoms with Crippen molar-refractivity contribution in [1.82, 2.24) is 4.98 Å². The molecule has 0 radical (unpaired) electrons. The monoisotopic (exact) mass is 415 g/mol. The van der Waals surface area contributed by atoms with Crippen molar-refractivity contribution in [2.24, 2.45) is 0 Å². The SMILES string of the molecule is Cc1cc2nc(-c3cccc(NC(=O)c4cccc([N+](=O)[O-])c4C)c3C)oc2cc1C. The van der Waals surface area contributed by atoms with Gasteiger partial charge in [0.2, 0.25) is 5.89 Å². The number of nitrogens with zero attached hydrogens (tertiary/aromatic N) is 2. The maximum atomic E-state index is 12.9. The van der Waals surface area contributed by atoms with Crippen molar-refractivity contribution in [3.05, 3.63) is 86.5 Å². The molecule has 1 N–H and O–H groups in total. The first-order chi connectivity index (χ1) is 14.8. The predicted molar refractivity (Wildman–Crippen MR) is 119 cm³/mol. The van der Waals surface area contributed by atoms with Crippen LogP contribution in [0.15, 0.2) is 52.9 Å². The van der Waals surface area contributed by atoms with E-state index in [-0.39, 0.29) is 11.3 Å². The van der Waals surface area contributed by atoms with Gasteiger partial charge >= 0.3 is 0 Å². The highest BCUT2D eigenvalue weighted by Crippen LogP contribution is 2.32. The number of benzene rings is 3. The number of nitrogens with one attached hydrogen (secondary N) is 1. The molecule has 0 bridgehead atoms. The highest BCUT2D eigenvalue weighted by atomic mass is 16.6. The number of anilines is 1. The third-order valence-electron chi connectivity index (χ3n) is 5.56. The summed E-state index contributed by atoms with van der Waals surface area (Å²) in [6, 6.07) is 13.9. The van der Waals surface area contributed by atoms with E-state index >= 15 is 0 Å². The Kier molecular flexibility index (Phi) is 5.02. The van der Waals surface area contributed by atoms with E-state index in [1.165, 1.54) is 12.1 Å². The fourth-order valence-electron chi connectivity index (χ4n) is 3.55. The fraction of sp³-hybridized carbons (Fsp3) is 0.167. The first-order valence-corrected chi connectivity index (χ1v) is 9.79. The van der Waals surface area contributed by atoms with Crippen molar-refractivity contribution >= 4 is 28.4 Å². The van der Waals surface area contributed by atoms with Crippen LogP contribution >= 0.6 is 0 Å². The van der Waals surface area contributed by atoms with Gasteiger partial charge in [-0.05, 0) is 74.7 Å². The van der Waals surface area contributed by atoms with Crippen molar-refractivity contribution in [2.75, 3.05) is 5.32 Å². The lowest BCUT2D eigenvalue weighted by Crippen LogP contribution is -2.15. The number of aromatic nitrogens is 1. The van der Waals surface area contributed by atoms with Gasteiger partial charge in [0.25, 0.3) is 11.6 Å². The third-order valence-corrected chi connectivity index (χ3v) is 5.56. The lowest BCUT2D eigenvalue weighted by molar-refractivity contribution is -0.385. The quantitative estimate of drug-likeness (QED) is 0.331. The van der Waals surface area contributed by atoms with Crippen LogP contribution in [0, 0.1) is 37.8 Å². The van der Waals surface area contributed by atoms with E-state index in [4.69, 9.17) is 4.42 Å². The topological polar surface area (TPSA) is 98.3 Å². The molecule has 0 saturated carbocycles. The van der Waals surface area contributed by atoms with Gasteiger partial charge in [0.15, 0.2) is 5.58 Å². The van der Waals surface area contributed by atoms with Crippen LogP contribution in [-0.4, -0.2) is 15.8 Å². The van der Waals surface area contributed by atoms with Gasteiger partial charge in [-0.3, -0.25) is 14.9 Å². The Balaban J connectivity index is 1.70. The number of hydrogen-bond acceptors (Lipinski definition) is 5. The van der Waals surface area contributed by atoms with Crippen LogP contribution in [0.25, 0.3) is 22.6 Å². The van der Waals surface area contributed by atoms with E-state index in [1.54, 1.807) is 19.1 Å². The normalized spacial score (nSPS) is 11.0. The zero-order valence-electron chi connectivity index (χ0n) is 17.6. The summed E-state index contributed by atoms with van der Waals surface area (Å²) in [4.78, 5) is 28.2. The minimum Gasteiger partial charge on any atom is -0.436 e. The van der Waals surface area contributed by atoms with Crippen LogP contribution in [0.3, 0.4) is 0 Å². The highest BCUT2D eigenvalue weighted by Gasteiger charge is 2.20. The van der Waals surface area contributed by atoms with Crippen LogP contribution in [0.1, 0.15) is 32.6 Å². The van der Waals surface area contributed by atoms with Crippen molar-refractivity contribution in [3.63, 3.8) is 0 Å². The molecule has 1 heterocycles. The highest BCUT2D eigenvalue weighted by molar-refractivity contribution is 6.06. The lowest BCUT2D eigenvalue weighted by atomic mass is 10.0. The number of nitro groups is 1. The standard InChI is InChI=1S/C24H21N3O4/c1-13-11-20-22(12-14(13)2)31-24(26-20)18-8-5-9-19(15(18)3)25-23(28)17-7-6-10-21(16(17)4)27(29)30/h5-12H,1-4H3,(H,25,28). The summed E-state index contributed by atoms with van der Waals surface area (Å²) in [5, 5.41) is 14.0. The van der Waals surface area contributed by atoms with Crippen LogP contribution in [0.4, 0.5) is 11.4 Å². The number of rotatable bonds is 4. The Bertz CT molecular complexity index is 1320. The molecule has 0 unspecified atom stereocenters. The zero-order valence-corrected chi connectivity index (χ0v) is 17.6. The summed E-state index contributed by atoms with van der Waals surface area (Å²) >= 11 is 0. The Hall–Kier alpha value is -4.00. The van der Waals surface area contributed by atoms with E-state index in [0.717, 1.165) is 27.8 Å². The minimum atomic E-state index is -0.491. The molecular formula is C24H21N3O4. The molecule has 31 heavy (non-hydrogen) atoms. The second kappa shape index (κ2) is 7.68. The average Bonchev–Trinajstić information content (AvgIpc) is 3.12. The first-order valence-electron chi connectivity index (χ1n) is 9.79. The molecule has 0 aliphatic rings. The Morgan fingerprint density at radius 3 is 2.45 bits per heavy atom. The van der Waals surface area contributed by atoms with Gasteiger partial charge < -0.3 is 9.73 Å². The van der Waals surface area contributed by atoms with Crippen molar-refractivity contribution in [1.29, 1.82) is 0 Å². The molecule has 156 valence electrons. The van der Waals surface area contributed by atoms with Gasteiger partial charge in [0.05, 0.1) is 4.92 Å². The van der Waals surface area contributed by atoms with Crippen LogP contribution < -0.4 is 5.32 Å². The summed E-state index contributed by atoms with van der Waals surface area (Å²) < 4.78 is 5.98. The van der Waals surface area contributed by atoms with Gasteiger partial charge in [-0.25, -0.2) is 4.98 Å². The number of oxazole rings is 1. The van der Waals surface area contributed by atoms with Gasteiger partial charge in [-0.2, -0.15) is 0 Å². The molecule has 0 fully saturated rings. The average molecular weight is 415 g/mol. The summed E-state index contributed by atoms with van der Waals surface area (Å²) in [5.41, 5.74) is 6.38. The molecule has 0 aliphatic carbocycles. The Morgan fingerprint density at radius 2 is 1.71 bits per heavy atom. The molecule has 0 spiro atoms. The number of carbonyl (C=O) groups excluding carboxylic acids is 1. The molecule has 4 rings (SSSR count). The molecule has 7 nitrogen and oxygen atoms in total. The maximum Gasteiger partial charge on any atom is 0.273 e. The zero-order chi connectivity index (χ0) is 22.3. The van der Waals surface area contributed by atoms with Crippen LogP contribution in [0.5, 0.6) is 0 Å². The summed E-state index contributed by atoms with van der Waals surface area (Å²) in [6.07, 6.45) is 0. The molecule has 0 atom stereocenters. The summed E-state index contributed by atoms with van der Waals surface area (Å²) in [7, 11) is 0. The van der Waals surface area contributed by atoms with Crippen molar-refractivity contribution in [3.8, 4) is 11.5 Å². The van der Waals surface area contributed by atoms with Crippen LogP contribution in [-0.2, 0) is 0 Å². The molecule has 3 aromatic carbocycles. The Labute approximate surface area is 178 Å². The largest absolute Gasteiger partial charge is 0.436 e. The van der Waals surface area contributed by atoms with Gasteiger partial charge in [-0.1, -0.05) is 12.1 Å². The van der Waals surface area contributed by atoms with Crippen LogP contribution in [0.2, 0.25) is 0 Å². The Morgan fingerprint density at radius 1 is 1.00 bits per heavy atom. The molecule has 7 heteroatoms. The fourth-order valence-corrected chi connectivity index (χ4v) is 3.55. The number of hydrogen-bond donors (Lipinski definition) is 1. The third kappa shape index (κ3) is 3.66. The lowest BCUT2D eigenvalue weighted by Gasteiger charge is -2.12. The van der Waals surface area contributed by atoms with E-state index in [0.29, 0.717) is 22.7 Å². The van der Waals surface area contributed by atoms with Crippen molar-refractivity contribution < 1.29 is 14.1 Å². The molecule has 1 amide bonds. The second-order valence-corrected chi connectivity index (χ2v) is 7.56. The second-order valence-electron chi connectivity index (χ2n) is 7.56. The maximum absolute atomic E-state index is 12.9. The molecule has 4 aromatic rings. The predicted octanol–water partition coefficient (Wildman–Crippen LogP) is 5.89. The smallest absolute Gasteiger partial charge is 0.273 e. The van der Waals surface area contributed by atoms with Gasteiger partial charge in [0.1, 0.15) is 5.52 Å². The summed E-state index contributed by atoms with van der Waals surface area (Å²) in [6.45, 7) is 7.49. The van der Waals surface area contributed by atoms with E-state index in [9.17, 15) is 14.9 Å². The molecule has 0 saturated heterocycles. The van der Waals surface area contributed by atoms with Crippen molar-refractivity contribution in [2.45, 2.75) is 27.7 Å². The number of amides is 1. The number of nitro benzene ring substituents is 1. The van der Waals surface area contributed by atoms with E-state index < -0.39 is 10.8 Å². The van der Waals surface area contributed by atoms with E-state index in [1.807, 2.05) is 45.0 Å². The first kappa shape index (κ1) is 20.3. The number of aryl methyl sites for hydroxylation is 2. The minimum absolute atomic E-state index is 0.0878. The van der Waals surface area contributed by atoms with E-state index in [2.05, 4.69) is 10.3 Å². The molecule has 1 aromatic heterocycles. The number of carbonyl (C=O) groups is 1. The van der Waals surface area contributed by atoms with Gasteiger partial charge in [-0.15, -0.1) is 0 Å². The van der Waals surface area contributed by atoms with Gasteiger partial charge in [0, 0.05) is 28.4 Å². The summed E-state index contributed by atoms with van der Waals surface area (Å²) in [5.74, 6) is 0.0605. The molecular weight excluding hydrogens is 394 g/mol.